The summed E-state index contributed by atoms with van der Waals surface area (Å²) in [6.07, 6.45) is 2.59. The van der Waals surface area contributed by atoms with Crippen LogP contribution in [-0.4, -0.2) is 36.0 Å². The van der Waals surface area contributed by atoms with Gasteiger partial charge >= 0.3 is 0 Å². The van der Waals surface area contributed by atoms with E-state index in [1.807, 2.05) is 0 Å². The van der Waals surface area contributed by atoms with Crippen LogP contribution in [0.3, 0.4) is 0 Å². The summed E-state index contributed by atoms with van der Waals surface area (Å²) in [5.41, 5.74) is 5.31. The summed E-state index contributed by atoms with van der Waals surface area (Å²) in [7, 11) is 0. The first-order valence-electron chi connectivity index (χ1n) is 8.52. The SMILES string of the molecule is Cc1cc(C)c([C@@H]2CN[C@H](C(=O)N3CCC[C@H]3C#N)C2)c(C)c1.Cl. The zero-order chi connectivity index (χ0) is 16.6. The highest BCUT2D eigenvalue weighted by atomic mass is 35.5. The lowest BCUT2D eigenvalue weighted by Crippen LogP contribution is -2.45. The van der Waals surface area contributed by atoms with Crippen LogP contribution in [-0.2, 0) is 4.79 Å². The number of hydrogen-bond acceptors (Lipinski definition) is 3. The van der Waals surface area contributed by atoms with Gasteiger partial charge in [0.05, 0.1) is 12.1 Å². The molecular formula is C19H26ClN3O. The molecule has 2 fully saturated rings. The van der Waals surface area contributed by atoms with Crippen LogP contribution in [0.15, 0.2) is 12.1 Å². The van der Waals surface area contributed by atoms with Crippen LogP contribution in [0.1, 0.15) is 47.4 Å². The molecule has 0 radical (unpaired) electrons. The quantitative estimate of drug-likeness (QED) is 0.894. The Hall–Kier alpha value is -1.57. The number of halogens is 1. The summed E-state index contributed by atoms with van der Waals surface area (Å²) in [5.74, 6) is 0.492. The second kappa shape index (κ2) is 7.55. The first-order valence-corrected chi connectivity index (χ1v) is 8.52. The molecule has 2 heterocycles. The van der Waals surface area contributed by atoms with Gasteiger partial charge in [0.15, 0.2) is 0 Å². The largest absolute Gasteiger partial charge is 0.325 e. The lowest BCUT2D eigenvalue weighted by atomic mass is 9.87. The van der Waals surface area contributed by atoms with Gasteiger partial charge in [-0.2, -0.15) is 5.26 Å². The average Bonchev–Trinajstić information content (AvgIpc) is 3.14. The van der Waals surface area contributed by atoms with Crippen molar-refractivity contribution in [2.75, 3.05) is 13.1 Å². The Labute approximate surface area is 150 Å². The number of likely N-dealkylation sites (tertiary alicyclic amines) is 1. The number of nitrogens with one attached hydrogen (secondary N) is 1. The van der Waals surface area contributed by atoms with Gasteiger partial charge < -0.3 is 10.2 Å². The standard InChI is InChI=1S/C19H25N3O.ClH/c1-12-7-13(2)18(14(3)8-12)15-9-17(21-11-15)19(23)22-6-4-5-16(22)10-20;/h7-8,15-17,21H,4-6,9,11H2,1-3H3;1H/t15-,16-,17-;/m0./s1. The molecule has 1 aromatic rings. The molecule has 2 aliphatic heterocycles. The molecule has 5 heteroatoms. The van der Waals surface area contributed by atoms with Crippen molar-refractivity contribution in [3.8, 4) is 6.07 Å². The lowest BCUT2D eigenvalue weighted by molar-refractivity contribution is -0.133. The van der Waals surface area contributed by atoms with Gasteiger partial charge in [-0.3, -0.25) is 4.79 Å². The number of benzene rings is 1. The van der Waals surface area contributed by atoms with Gasteiger partial charge in [-0.25, -0.2) is 0 Å². The van der Waals surface area contributed by atoms with Crippen molar-refractivity contribution in [2.24, 2.45) is 0 Å². The zero-order valence-corrected chi connectivity index (χ0v) is 15.4. The van der Waals surface area contributed by atoms with Crippen LogP contribution in [0, 0.1) is 32.1 Å². The second-order valence-electron chi connectivity index (χ2n) is 7.02. The average molecular weight is 348 g/mol. The minimum atomic E-state index is -0.230. The van der Waals surface area contributed by atoms with Crippen molar-refractivity contribution >= 4 is 18.3 Å². The van der Waals surface area contributed by atoms with Gasteiger partial charge in [0.2, 0.25) is 5.91 Å². The summed E-state index contributed by atoms with van der Waals surface area (Å²) in [4.78, 5) is 14.5. The van der Waals surface area contributed by atoms with Gasteiger partial charge in [0, 0.05) is 13.1 Å². The number of nitrogens with zero attached hydrogens (tertiary/aromatic N) is 2. The number of aryl methyl sites for hydroxylation is 3. The van der Waals surface area contributed by atoms with E-state index in [9.17, 15) is 10.1 Å². The summed E-state index contributed by atoms with van der Waals surface area (Å²) < 4.78 is 0. The highest BCUT2D eigenvalue weighted by molar-refractivity contribution is 5.85. The Morgan fingerprint density at radius 3 is 2.58 bits per heavy atom. The Morgan fingerprint density at radius 1 is 1.29 bits per heavy atom. The number of rotatable bonds is 2. The Balaban J connectivity index is 0.00000208. The molecule has 2 saturated heterocycles. The van der Waals surface area contributed by atoms with Crippen LogP contribution < -0.4 is 5.32 Å². The molecule has 24 heavy (non-hydrogen) atoms. The molecule has 0 unspecified atom stereocenters. The number of carbonyl (C=O) groups excluding carboxylic acids is 1. The molecule has 3 rings (SSSR count). The zero-order valence-electron chi connectivity index (χ0n) is 14.6. The smallest absolute Gasteiger partial charge is 0.240 e. The molecule has 1 aromatic carbocycles. The molecule has 130 valence electrons. The number of nitriles is 1. The molecule has 2 aliphatic rings. The molecule has 1 amide bonds. The van der Waals surface area contributed by atoms with Crippen molar-refractivity contribution in [2.45, 2.75) is 58.0 Å². The summed E-state index contributed by atoms with van der Waals surface area (Å²) in [6.45, 7) is 8.01. The fourth-order valence-electron chi connectivity index (χ4n) is 4.34. The summed E-state index contributed by atoms with van der Waals surface area (Å²) >= 11 is 0. The van der Waals surface area contributed by atoms with Crippen molar-refractivity contribution < 1.29 is 4.79 Å². The van der Waals surface area contributed by atoms with E-state index in [4.69, 9.17) is 0 Å². The molecule has 0 spiro atoms. The molecule has 3 atom stereocenters. The first kappa shape index (κ1) is 18.8. The van der Waals surface area contributed by atoms with Crippen LogP contribution in [0.2, 0.25) is 0 Å². The molecule has 0 bridgehead atoms. The second-order valence-corrected chi connectivity index (χ2v) is 7.02. The molecule has 0 aliphatic carbocycles. The fraction of sp³-hybridized carbons (Fsp3) is 0.579. The topological polar surface area (TPSA) is 56.1 Å². The van der Waals surface area contributed by atoms with Crippen LogP contribution >= 0.6 is 12.4 Å². The van der Waals surface area contributed by atoms with E-state index in [1.165, 1.54) is 22.3 Å². The van der Waals surface area contributed by atoms with Crippen LogP contribution in [0.5, 0.6) is 0 Å². The van der Waals surface area contributed by atoms with E-state index in [2.05, 4.69) is 44.3 Å². The highest BCUT2D eigenvalue weighted by Crippen LogP contribution is 2.32. The number of hydrogen-bond donors (Lipinski definition) is 1. The molecule has 1 N–H and O–H groups in total. The third kappa shape index (κ3) is 3.43. The molecular weight excluding hydrogens is 322 g/mol. The maximum absolute atomic E-state index is 12.7. The maximum atomic E-state index is 12.7. The monoisotopic (exact) mass is 347 g/mol. The Kier molecular flexibility index (Phi) is 5.90. The van der Waals surface area contributed by atoms with Crippen LogP contribution in [0.25, 0.3) is 0 Å². The van der Waals surface area contributed by atoms with E-state index in [0.717, 1.165) is 32.4 Å². The van der Waals surface area contributed by atoms with Gasteiger partial charge in [-0.1, -0.05) is 17.7 Å². The van der Waals surface area contributed by atoms with E-state index >= 15 is 0 Å². The predicted octanol–water partition coefficient (Wildman–Crippen LogP) is 2.99. The van der Waals surface area contributed by atoms with Crippen molar-refractivity contribution in [3.63, 3.8) is 0 Å². The first-order chi connectivity index (χ1) is 11.0. The predicted molar refractivity (Wildman–Crippen MR) is 97.4 cm³/mol. The van der Waals surface area contributed by atoms with E-state index in [1.54, 1.807) is 4.90 Å². The van der Waals surface area contributed by atoms with Gasteiger partial charge in [0.1, 0.15) is 6.04 Å². The van der Waals surface area contributed by atoms with Crippen molar-refractivity contribution in [3.05, 3.63) is 34.4 Å². The molecule has 0 aromatic heterocycles. The third-order valence-corrected chi connectivity index (χ3v) is 5.26. The van der Waals surface area contributed by atoms with E-state index in [0.29, 0.717) is 5.92 Å². The molecule has 4 nitrogen and oxygen atoms in total. The van der Waals surface area contributed by atoms with Gasteiger partial charge in [-0.15, -0.1) is 12.4 Å². The van der Waals surface area contributed by atoms with Crippen LogP contribution in [0.4, 0.5) is 0 Å². The lowest BCUT2D eigenvalue weighted by Gasteiger charge is -2.23. The van der Waals surface area contributed by atoms with Crippen molar-refractivity contribution in [1.29, 1.82) is 5.26 Å². The molecule has 0 saturated carbocycles. The van der Waals surface area contributed by atoms with E-state index in [-0.39, 0.29) is 30.4 Å². The normalized spacial score (nSPS) is 26.1. The summed E-state index contributed by atoms with van der Waals surface area (Å²) in [5, 5.41) is 12.6. The Morgan fingerprint density at radius 2 is 1.96 bits per heavy atom. The number of carbonyl (C=O) groups is 1. The van der Waals surface area contributed by atoms with Gasteiger partial charge in [-0.05, 0) is 62.6 Å². The van der Waals surface area contributed by atoms with Gasteiger partial charge in [0.25, 0.3) is 0 Å². The van der Waals surface area contributed by atoms with Crippen molar-refractivity contribution in [1.82, 2.24) is 10.2 Å². The minimum absolute atomic E-state index is 0. The number of amides is 1. The fourth-order valence-corrected chi connectivity index (χ4v) is 4.34. The third-order valence-electron chi connectivity index (χ3n) is 5.26. The maximum Gasteiger partial charge on any atom is 0.240 e. The van der Waals surface area contributed by atoms with E-state index < -0.39 is 0 Å². The highest BCUT2D eigenvalue weighted by Gasteiger charge is 2.37. The Bertz CT molecular complexity index is 644. The minimum Gasteiger partial charge on any atom is -0.325 e. The summed E-state index contributed by atoms with van der Waals surface area (Å²) in [6, 6.07) is 6.34.